The fourth-order valence-electron chi connectivity index (χ4n) is 2.36. The van der Waals surface area contributed by atoms with Gasteiger partial charge >= 0.3 is 0 Å². The van der Waals surface area contributed by atoms with Gasteiger partial charge in [0.05, 0.1) is 6.20 Å². The van der Waals surface area contributed by atoms with Crippen LogP contribution in [0.1, 0.15) is 31.5 Å². The average molecular weight is 272 g/mol. The number of nitrogens with one attached hydrogen (secondary N) is 2. The zero-order valence-electron chi connectivity index (χ0n) is 10.5. The summed E-state index contributed by atoms with van der Waals surface area (Å²) in [5.41, 5.74) is 5.89. The number of aryl methyl sites for hydroxylation is 1. The van der Waals surface area contributed by atoms with Crippen LogP contribution >= 0.6 is 0 Å². The molecule has 1 aliphatic rings. The number of hydrogen-bond donors (Lipinski definition) is 3. The molecule has 1 heterocycles. The van der Waals surface area contributed by atoms with Crippen molar-refractivity contribution in [2.75, 3.05) is 6.54 Å². The molecule has 2 atom stereocenters. The van der Waals surface area contributed by atoms with Crippen LogP contribution in [0.2, 0.25) is 0 Å². The summed E-state index contributed by atoms with van der Waals surface area (Å²) >= 11 is 0. The zero-order valence-corrected chi connectivity index (χ0v) is 11.3. The molecule has 1 saturated carbocycles. The standard InChI is InChI=1S/C11H20N4O2S/c1-8-13-7-11(15-8)18(16,17)14-6-9-3-2-4-10(12)5-9/h7,9-10,14H,2-6,12H2,1H3,(H,13,15). The largest absolute Gasteiger partial charge is 0.332 e. The molecule has 1 aromatic heterocycles. The molecule has 18 heavy (non-hydrogen) atoms. The molecule has 0 aromatic carbocycles. The number of rotatable bonds is 4. The van der Waals surface area contributed by atoms with Crippen LogP contribution in [0.25, 0.3) is 0 Å². The Bertz CT molecular complexity index is 497. The number of sulfonamides is 1. The Morgan fingerprint density at radius 3 is 2.94 bits per heavy atom. The van der Waals surface area contributed by atoms with Gasteiger partial charge in [-0.05, 0) is 32.1 Å². The van der Waals surface area contributed by atoms with Crippen LogP contribution in [-0.2, 0) is 10.0 Å². The Kier molecular flexibility index (Phi) is 4.04. The van der Waals surface area contributed by atoms with E-state index in [1.807, 2.05) is 0 Å². The number of aromatic nitrogens is 2. The molecule has 2 rings (SSSR count). The summed E-state index contributed by atoms with van der Waals surface area (Å²) in [5.74, 6) is 0.933. The Labute approximate surface area is 107 Å². The second-order valence-corrected chi connectivity index (χ2v) is 6.71. The highest BCUT2D eigenvalue weighted by Gasteiger charge is 2.22. The normalized spacial score (nSPS) is 25.2. The first-order valence-electron chi connectivity index (χ1n) is 6.24. The number of nitrogens with two attached hydrogens (primary N) is 1. The molecular formula is C11H20N4O2S. The minimum Gasteiger partial charge on any atom is -0.332 e. The quantitative estimate of drug-likeness (QED) is 0.743. The van der Waals surface area contributed by atoms with E-state index in [0.717, 1.165) is 25.7 Å². The van der Waals surface area contributed by atoms with Gasteiger partial charge in [-0.2, -0.15) is 0 Å². The third-order valence-corrected chi connectivity index (χ3v) is 4.69. The second kappa shape index (κ2) is 5.38. The highest BCUT2D eigenvalue weighted by molar-refractivity contribution is 7.89. The van der Waals surface area contributed by atoms with Gasteiger partial charge in [-0.3, -0.25) is 0 Å². The molecule has 0 radical (unpaired) electrons. The topological polar surface area (TPSA) is 101 Å². The van der Waals surface area contributed by atoms with Crippen LogP contribution in [0, 0.1) is 12.8 Å². The molecule has 6 nitrogen and oxygen atoms in total. The van der Waals surface area contributed by atoms with Crippen molar-refractivity contribution in [3.8, 4) is 0 Å². The van der Waals surface area contributed by atoms with E-state index >= 15 is 0 Å². The molecule has 1 aromatic rings. The van der Waals surface area contributed by atoms with Crippen LogP contribution in [0.15, 0.2) is 11.2 Å². The van der Waals surface area contributed by atoms with Crippen molar-refractivity contribution in [2.45, 2.75) is 43.7 Å². The fourth-order valence-corrected chi connectivity index (χ4v) is 3.44. The summed E-state index contributed by atoms with van der Waals surface area (Å²) in [5, 5.41) is 0.125. The lowest BCUT2D eigenvalue weighted by Gasteiger charge is -2.26. The molecule has 0 spiro atoms. The average Bonchev–Trinajstić information content (AvgIpc) is 2.74. The summed E-state index contributed by atoms with van der Waals surface area (Å²) < 4.78 is 26.5. The van der Waals surface area contributed by atoms with E-state index in [-0.39, 0.29) is 11.1 Å². The first-order valence-corrected chi connectivity index (χ1v) is 7.72. The van der Waals surface area contributed by atoms with Crippen molar-refractivity contribution in [1.82, 2.24) is 14.7 Å². The maximum absolute atomic E-state index is 12.0. The molecule has 2 unspecified atom stereocenters. The molecule has 0 saturated heterocycles. The molecule has 4 N–H and O–H groups in total. The van der Waals surface area contributed by atoms with Crippen LogP contribution in [0.5, 0.6) is 0 Å². The summed E-state index contributed by atoms with van der Waals surface area (Å²) in [4.78, 5) is 6.62. The predicted molar refractivity (Wildman–Crippen MR) is 68.4 cm³/mol. The number of imidazole rings is 1. The van der Waals surface area contributed by atoms with Gasteiger partial charge in [0, 0.05) is 12.6 Å². The third-order valence-electron chi connectivity index (χ3n) is 3.35. The van der Waals surface area contributed by atoms with Gasteiger partial charge in [-0.1, -0.05) is 6.42 Å². The highest BCUT2D eigenvalue weighted by Crippen LogP contribution is 2.22. The van der Waals surface area contributed by atoms with Crippen molar-refractivity contribution in [3.63, 3.8) is 0 Å². The smallest absolute Gasteiger partial charge is 0.257 e. The monoisotopic (exact) mass is 272 g/mol. The Hall–Kier alpha value is -0.920. The summed E-state index contributed by atoms with van der Waals surface area (Å²) in [6, 6.07) is 0.211. The molecule has 0 aliphatic heterocycles. The first-order chi connectivity index (χ1) is 8.47. The number of hydrogen-bond acceptors (Lipinski definition) is 4. The van der Waals surface area contributed by atoms with Gasteiger partial charge < -0.3 is 10.7 Å². The van der Waals surface area contributed by atoms with E-state index in [1.165, 1.54) is 6.20 Å². The van der Waals surface area contributed by atoms with E-state index in [4.69, 9.17) is 5.73 Å². The Morgan fingerprint density at radius 2 is 2.33 bits per heavy atom. The van der Waals surface area contributed by atoms with Crippen LogP contribution in [0.4, 0.5) is 0 Å². The lowest BCUT2D eigenvalue weighted by Crippen LogP contribution is -2.35. The molecular weight excluding hydrogens is 252 g/mol. The third kappa shape index (κ3) is 3.30. The van der Waals surface area contributed by atoms with E-state index in [1.54, 1.807) is 6.92 Å². The van der Waals surface area contributed by atoms with Gasteiger partial charge in [0.1, 0.15) is 5.82 Å². The molecule has 7 heteroatoms. The number of aromatic amines is 1. The maximum atomic E-state index is 12.0. The van der Waals surface area contributed by atoms with Crippen molar-refractivity contribution in [2.24, 2.45) is 11.7 Å². The predicted octanol–water partition coefficient (Wildman–Crippen LogP) is 0.514. The van der Waals surface area contributed by atoms with E-state index in [0.29, 0.717) is 18.3 Å². The van der Waals surface area contributed by atoms with Crippen molar-refractivity contribution in [3.05, 3.63) is 12.0 Å². The molecule has 102 valence electrons. The molecule has 0 bridgehead atoms. The SMILES string of the molecule is Cc1ncc(S(=O)(=O)NCC2CCCC(N)C2)[nH]1. The van der Waals surface area contributed by atoms with E-state index < -0.39 is 10.0 Å². The van der Waals surface area contributed by atoms with E-state index in [2.05, 4.69) is 14.7 Å². The number of H-pyrrole nitrogens is 1. The van der Waals surface area contributed by atoms with Gasteiger partial charge in [0.25, 0.3) is 10.0 Å². The van der Waals surface area contributed by atoms with Crippen molar-refractivity contribution < 1.29 is 8.42 Å². The van der Waals surface area contributed by atoms with Crippen LogP contribution < -0.4 is 10.5 Å². The van der Waals surface area contributed by atoms with Crippen molar-refractivity contribution in [1.29, 1.82) is 0 Å². The highest BCUT2D eigenvalue weighted by atomic mass is 32.2. The molecule has 1 fully saturated rings. The summed E-state index contributed by atoms with van der Waals surface area (Å²) in [6.45, 7) is 2.17. The molecule has 0 amide bonds. The summed E-state index contributed by atoms with van der Waals surface area (Å²) in [6.07, 6.45) is 5.40. The van der Waals surface area contributed by atoms with Gasteiger partial charge in [0.15, 0.2) is 5.03 Å². The first kappa shape index (κ1) is 13.5. The van der Waals surface area contributed by atoms with Gasteiger partial charge in [0.2, 0.25) is 0 Å². The number of nitrogens with zero attached hydrogens (tertiary/aromatic N) is 1. The lowest BCUT2D eigenvalue weighted by atomic mass is 9.86. The maximum Gasteiger partial charge on any atom is 0.257 e. The fraction of sp³-hybridized carbons (Fsp3) is 0.727. The van der Waals surface area contributed by atoms with Crippen LogP contribution in [0.3, 0.4) is 0 Å². The summed E-state index contributed by atoms with van der Waals surface area (Å²) in [7, 11) is -3.47. The molecule has 1 aliphatic carbocycles. The second-order valence-electron chi connectivity index (χ2n) is 4.98. The Morgan fingerprint density at radius 1 is 1.56 bits per heavy atom. The van der Waals surface area contributed by atoms with Gasteiger partial charge in [-0.15, -0.1) is 0 Å². The van der Waals surface area contributed by atoms with Crippen molar-refractivity contribution >= 4 is 10.0 Å². The van der Waals surface area contributed by atoms with Gasteiger partial charge in [-0.25, -0.2) is 18.1 Å². The van der Waals surface area contributed by atoms with Crippen LogP contribution in [-0.4, -0.2) is 31.0 Å². The lowest BCUT2D eigenvalue weighted by molar-refractivity contribution is 0.322. The minimum atomic E-state index is -3.47. The minimum absolute atomic E-state index is 0.125. The van der Waals surface area contributed by atoms with E-state index in [9.17, 15) is 8.42 Å². The Balaban J connectivity index is 1.93. The zero-order chi connectivity index (χ0) is 13.2.